The van der Waals surface area contributed by atoms with E-state index in [1.54, 1.807) is 6.92 Å². The minimum atomic E-state index is -0.210. The van der Waals surface area contributed by atoms with Crippen molar-refractivity contribution in [1.29, 1.82) is 0 Å². The van der Waals surface area contributed by atoms with E-state index < -0.39 is 0 Å². The highest BCUT2D eigenvalue weighted by Gasteiger charge is 2.01. The molecule has 66 valence electrons. The number of pyridine rings is 1. The zero-order valence-electron chi connectivity index (χ0n) is 6.95. The molecule has 1 rings (SSSR count). The van der Waals surface area contributed by atoms with E-state index in [1.165, 1.54) is 16.7 Å². The van der Waals surface area contributed by atoms with Crippen LogP contribution in [0.2, 0.25) is 0 Å². The van der Waals surface area contributed by atoms with Gasteiger partial charge >= 0.3 is 0 Å². The van der Waals surface area contributed by atoms with Gasteiger partial charge in [-0.2, -0.15) is 0 Å². The largest absolute Gasteiger partial charge is 0.494 e. The first-order valence-corrected chi connectivity index (χ1v) is 3.75. The third-order valence-corrected chi connectivity index (χ3v) is 1.60. The maximum absolute atomic E-state index is 11.2. The summed E-state index contributed by atoms with van der Waals surface area (Å²) in [5, 5.41) is 9.31. The molecule has 0 aliphatic rings. The summed E-state index contributed by atoms with van der Waals surface area (Å²) < 4.78 is 1.24. The Labute approximate surface area is 70.3 Å². The molecule has 12 heavy (non-hydrogen) atoms. The Hall–Kier alpha value is -1.29. The molecule has 4 nitrogen and oxygen atoms in total. The summed E-state index contributed by atoms with van der Waals surface area (Å²) in [6, 6.07) is 3.01. The van der Waals surface area contributed by atoms with Gasteiger partial charge in [0.05, 0.1) is 0 Å². The average Bonchev–Trinajstić information content (AvgIpc) is 1.96. The van der Waals surface area contributed by atoms with Crippen LogP contribution in [0, 0.1) is 6.92 Å². The van der Waals surface area contributed by atoms with Gasteiger partial charge in [-0.3, -0.25) is 9.36 Å². The van der Waals surface area contributed by atoms with Gasteiger partial charge in [0.15, 0.2) is 5.88 Å². The summed E-state index contributed by atoms with van der Waals surface area (Å²) in [5.74, 6) is -0.0227. The van der Waals surface area contributed by atoms with E-state index in [2.05, 4.69) is 0 Å². The van der Waals surface area contributed by atoms with Crippen molar-refractivity contribution >= 4 is 0 Å². The lowest BCUT2D eigenvalue weighted by Gasteiger charge is -2.06. The molecular weight excluding hydrogens is 156 g/mol. The molecule has 0 aliphatic carbocycles. The van der Waals surface area contributed by atoms with Crippen molar-refractivity contribution in [2.24, 2.45) is 5.73 Å². The second-order valence-corrected chi connectivity index (χ2v) is 2.67. The van der Waals surface area contributed by atoms with Crippen LogP contribution in [0.5, 0.6) is 5.88 Å². The first kappa shape index (κ1) is 8.80. The van der Waals surface area contributed by atoms with Crippen molar-refractivity contribution < 1.29 is 5.11 Å². The van der Waals surface area contributed by atoms with Gasteiger partial charge in [0.2, 0.25) is 0 Å². The molecular formula is C8H12N2O2. The van der Waals surface area contributed by atoms with Gasteiger partial charge in [-0.15, -0.1) is 0 Å². The molecule has 3 N–H and O–H groups in total. The number of nitrogens with zero attached hydrogens (tertiary/aromatic N) is 1. The van der Waals surface area contributed by atoms with Crippen LogP contribution in [0.4, 0.5) is 0 Å². The van der Waals surface area contributed by atoms with Crippen LogP contribution in [0.1, 0.15) is 5.56 Å². The van der Waals surface area contributed by atoms with Crippen LogP contribution < -0.4 is 11.3 Å². The maximum atomic E-state index is 11.2. The molecule has 0 aromatic carbocycles. The number of aryl methyl sites for hydroxylation is 1. The molecule has 4 heteroatoms. The number of aromatic hydroxyl groups is 1. The number of hydrogen-bond donors (Lipinski definition) is 2. The third kappa shape index (κ3) is 1.65. The standard InChI is InChI=1S/C8H12N2O2/c1-6-4-7(11)10(3-2-9)8(12)5-6/h4-5,11H,2-3,9H2,1H3. The molecule has 0 saturated heterocycles. The van der Waals surface area contributed by atoms with Crippen LogP contribution in [0.15, 0.2) is 16.9 Å². The Morgan fingerprint density at radius 2 is 2.25 bits per heavy atom. The molecule has 0 spiro atoms. The second kappa shape index (κ2) is 3.40. The number of nitrogens with two attached hydrogens (primary N) is 1. The van der Waals surface area contributed by atoms with E-state index >= 15 is 0 Å². The highest BCUT2D eigenvalue weighted by Crippen LogP contribution is 2.06. The highest BCUT2D eigenvalue weighted by molar-refractivity contribution is 5.19. The molecule has 1 aromatic heterocycles. The summed E-state index contributed by atoms with van der Waals surface area (Å²) in [7, 11) is 0. The van der Waals surface area contributed by atoms with Gasteiger partial charge in [0.1, 0.15) is 0 Å². The Kier molecular flexibility index (Phi) is 2.50. The first-order chi connectivity index (χ1) is 5.65. The van der Waals surface area contributed by atoms with Crippen molar-refractivity contribution in [2.75, 3.05) is 6.54 Å². The van der Waals surface area contributed by atoms with E-state index in [0.717, 1.165) is 5.56 Å². The molecule has 0 fully saturated rings. The lowest BCUT2D eigenvalue weighted by atomic mass is 10.3. The van der Waals surface area contributed by atoms with Gasteiger partial charge in [0, 0.05) is 25.2 Å². The van der Waals surface area contributed by atoms with E-state index in [9.17, 15) is 9.90 Å². The monoisotopic (exact) mass is 168 g/mol. The first-order valence-electron chi connectivity index (χ1n) is 3.75. The lowest BCUT2D eigenvalue weighted by molar-refractivity contribution is 0.407. The predicted molar refractivity (Wildman–Crippen MR) is 46.2 cm³/mol. The number of aromatic nitrogens is 1. The van der Waals surface area contributed by atoms with Crippen LogP contribution in [0.25, 0.3) is 0 Å². The molecule has 1 aromatic rings. The topological polar surface area (TPSA) is 68.2 Å². The van der Waals surface area contributed by atoms with Crippen molar-refractivity contribution in [2.45, 2.75) is 13.5 Å². The number of hydrogen-bond acceptors (Lipinski definition) is 3. The molecule has 0 amide bonds. The lowest BCUT2D eigenvalue weighted by Crippen LogP contribution is -2.23. The van der Waals surface area contributed by atoms with Crippen LogP contribution in [0.3, 0.4) is 0 Å². The zero-order valence-corrected chi connectivity index (χ0v) is 6.95. The summed E-state index contributed by atoms with van der Waals surface area (Å²) in [5.41, 5.74) is 5.81. The Morgan fingerprint density at radius 1 is 1.58 bits per heavy atom. The quantitative estimate of drug-likeness (QED) is 0.643. The Bertz CT molecular complexity index is 330. The third-order valence-electron chi connectivity index (χ3n) is 1.60. The minimum Gasteiger partial charge on any atom is -0.494 e. The molecule has 0 bridgehead atoms. The van der Waals surface area contributed by atoms with Gasteiger partial charge < -0.3 is 10.8 Å². The summed E-state index contributed by atoms with van der Waals surface area (Å²) in [6.45, 7) is 2.45. The average molecular weight is 168 g/mol. The normalized spacial score (nSPS) is 10.2. The van der Waals surface area contributed by atoms with Crippen LogP contribution >= 0.6 is 0 Å². The van der Waals surface area contributed by atoms with E-state index in [-0.39, 0.29) is 11.4 Å². The van der Waals surface area contributed by atoms with Gasteiger partial charge in [0.25, 0.3) is 5.56 Å². The van der Waals surface area contributed by atoms with Crippen molar-refractivity contribution in [3.05, 3.63) is 28.0 Å². The van der Waals surface area contributed by atoms with Gasteiger partial charge in [-0.1, -0.05) is 0 Å². The summed E-state index contributed by atoms with van der Waals surface area (Å²) >= 11 is 0. The molecule has 0 radical (unpaired) electrons. The second-order valence-electron chi connectivity index (χ2n) is 2.67. The fourth-order valence-electron chi connectivity index (χ4n) is 1.06. The van der Waals surface area contributed by atoms with Crippen LogP contribution in [-0.2, 0) is 6.54 Å². The maximum Gasteiger partial charge on any atom is 0.253 e. The van der Waals surface area contributed by atoms with Crippen molar-refractivity contribution in [3.63, 3.8) is 0 Å². The Balaban J connectivity index is 3.19. The smallest absolute Gasteiger partial charge is 0.253 e. The minimum absolute atomic E-state index is 0.0227. The fourth-order valence-corrected chi connectivity index (χ4v) is 1.06. The molecule has 0 atom stereocenters. The fraction of sp³-hybridized carbons (Fsp3) is 0.375. The van der Waals surface area contributed by atoms with Crippen molar-refractivity contribution in [1.82, 2.24) is 4.57 Å². The van der Waals surface area contributed by atoms with E-state index in [0.29, 0.717) is 13.1 Å². The molecule has 0 unspecified atom stereocenters. The van der Waals surface area contributed by atoms with Gasteiger partial charge in [-0.25, -0.2) is 0 Å². The van der Waals surface area contributed by atoms with E-state index in [4.69, 9.17) is 5.73 Å². The summed E-state index contributed by atoms with van der Waals surface area (Å²) in [4.78, 5) is 11.2. The predicted octanol–water partition coefficient (Wildman–Crippen LogP) is -0.179. The van der Waals surface area contributed by atoms with E-state index in [1.807, 2.05) is 0 Å². The van der Waals surface area contributed by atoms with Gasteiger partial charge in [-0.05, 0) is 12.5 Å². The SMILES string of the molecule is Cc1cc(O)n(CCN)c(=O)c1. The number of rotatable bonds is 2. The summed E-state index contributed by atoms with van der Waals surface area (Å²) in [6.07, 6.45) is 0. The zero-order chi connectivity index (χ0) is 9.14. The molecule has 0 aliphatic heterocycles. The molecule has 0 saturated carbocycles. The Morgan fingerprint density at radius 3 is 2.75 bits per heavy atom. The van der Waals surface area contributed by atoms with Crippen LogP contribution in [-0.4, -0.2) is 16.2 Å². The molecule has 1 heterocycles. The highest BCUT2D eigenvalue weighted by atomic mass is 16.3. The van der Waals surface area contributed by atoms with Crippen molar-refractivity contribution in [3.8, 4) is 5.88 Å².